The number of alkyl halides is 4. The lowest BCUT2D eigenvalue weighted by Crippen LogP contribution is -2.52. The number of hydrogen-bond donors (Lipinski definition) is 2. The lowest BCUT2D eigenvalue weighted by atomic mass is 10.1. The standard InChI is InChI=1S/C10H8ClF4NO3/c11-5-2-8-7(1-4(5)6(17)3-16)18-9(12,13)10(14,15)19-8/h1-2,6,17H,3,16H2. The number of rotatable bonds is 2. The smallest absolute Gasteiger partial charge is 0.421 e. The Labute approximate surface area is 109 Å². The quantitative estimate of drug-likeness (QED) is 0.823. The predicted octanol–water partition coefficient (Wildman–Crippen LogP) is 2.29. The van der Waals surface area contributed by atoms with Crippen LogP contribution in [0, 0.1) is 0 Å². The van der Waals surface area contributed by atoms with Crippen molar-refractivity contribution in [3.05, 3.63) is 22.7 Å². The van der Waals surface area contributed by atoms with Crippen molar-refractivity contribution in [2.24, 2.45) is 5.73 Å². The number of ether oxygens (including phenoxy) is 2. The summed E-state index contributed by atoms with van der Waals surface area (Å²) < 4.78 is 59.5. The van der Waals surface area contributed by atoms with E-state index in [0.717, 1.165) is 12.1 Å². The fourth-order valence-electron chi connectivity index (χ4n) is 1.49. The van der Waals surface area contributed by atoms with Gasteiger partial charge in [-0.15, -0.1) is 0 Å². The van der Waals surface area contributed by atoms with Gasteiger partial charge in [-0.2, -0.15) is 17.6 Å². The van der Waals surface area contributed by atoms with Crippen molar-refractivity contribution < 1.29 is 32.1 Å². The van der Waals surface area contributed by atoms with E-state index in [4.69, 9.17) is 17.3 Å². The highest BCUT2D eigenvalue weighted by molar-refractivity contribution is 6.31. The number of benzene rings is 1. The van der Waals surface area contributed by atoms with Gasteiger partial charge in [0.2, 0.25) is 0 Å². The Kier molecular flexibility index (Phi) is 3.28. The largest absolute Gasteiger partial charge is 0.507 e. The summed E-state index contributed by atoms with van der Waals surface area (Å²) >= 11 is 5.72. The van der Waals surface area contributed by atoms with Gasteiger partial charge in [-0.1, -0.05) is 11.6 Å². The molecule has 0 amide bonds. The van der Waals surface area contributed by atoms with Gasteiger partial charge < -0.3 is 20.3 Å². The lowest BCUT2D eigenvalue weighted by molar-refractivity contribution is -0.391. The third-order valence-electron chi connectivity index (χ3n) is 2.46. The van der Waals surface area contributed by atoms with Crippen molar-refractivity contribution in [1.82, 2.24) is 0 Å². The maximum absolute atomic E-state index is 13.0. The van der Waals surface area contributed by atoms with Crippen LogP contribution < -0.4 is 15.2 Å². The summed E-state index contributed by atoms with van der Waals surface area (Å²) in [5, 5.41) is 9.35. The van der Waals surface area contributed by atoms with Gasteiger partial charge in [0.25, 0.3) is 0 Å². The molecule has 0 saturated carbocycles. The minimum atomic E-state index is -4.82. The molecule has 0 radical (unpaired) electrons. The van der Waals surface area contributed by atoms with Gasteiger partial charge in [0.1, 0.15) is 0 Å². The number of aliphatic hydroxyl groups excluding tert-OH is 1. The van der Waals surface area contributed by atoms with E-state index in [0.29, 0.717) is 0 Å². The fraction of sp³-hybridized carbons (Fsp3) is 0.400. The zero-order valence-corrected chi connectivity index (χ0v) is 9.93. The van der Waals surface area contributed by atoms with Crippen LogP contribution in [0.5, 0.6) is 11.5 Å². The molecule has 1 aromatic rings. The van der Waals surface area contributed by atoms with Crippen LogP contribution in [0.1, 0.15) is 11.7 Å². The number of aliphatic hydroxyl groups is 1. The highest BCUT2D eigenvalue weighted by atomic mass is 35.5. The Bertz CT molecular complexity index is 512. The molecule has 3 N–H and O–H groups in total. The Balaban J connectivity index is 2.48. The van der Waals surface area contributed by atoms with Crippen molar-refractivity contribution in [2.45, 2.75) is 18.3 Å². The molecule has 1 atom stereocenters. The Morgan fingerprint density at radius 2 is 1.63 bits per heavy atom. The number of fused-ring (bicyclic) bond motifs is 1. The zero-order chi connectivity index (χ0) is 14.4. The van der Waals surface area contributed by atoms with Crippen LogP contribution in [0.4, 0.5) is 17.6 Å². The normalized spacial score (nSPS) is 21.0. The first-order valence-electron chi connectivity index (χ1n) is 5.03. The van der Waals surface area contributed by atoms with E-state index in [1.807, 2.05) is 0 Å². The minimum Gasteiger partial charge on any atom is -0.421 e. The molecular weight excluding hydrogens is 294 g/mol. The van der Waals surface area contributed by atoms with E-state index in [1.54, 1.807) is 0 Å². The van der Waals surface area contributed by atoms with E-state index in [1.165, 1.54) is 0 Å². The number of hydrogen-bond acceptors (Lipinski definition) is 4. The van der Waals surface area contributed by atoms with E-state index in [9.17, 15) is 22.7 Å². The van der Waals surface area contributed by atoms with Crippen molar-refractivity contribution in [3.8, 4) is 11.5 Å². The van der Waals surface area contributed by atoms with Crippen LogP contribution in [0.2, 0.25) is 5.02 Å². The molecule has 106 valence electrons. The molecule has 1 aliphatic heterocycles. The van der Waals surface area contributed by atoms with Gasteiger partial charge in [0.05, 0.1) is 11.1 Å². The summed E-state index contributed by atoms with van der Waals surface area (Å²) in [4.78, 5) is 0. The molecule has 9 heteroatoms. The average Bonchev–Trinajstić information content (AvgIpc) is 2.29. The van der Waals surface area contributed by atoms with Crippen molar-refractivity contribution in [2.75, 3.05) is 6.54 Å². The van der Waals surface area contributed by atoms with Gasteiger partial charge in [-0.25, -0.2) is 0 Å². The van der Waals surface area contributed by atoms with Crippen molar-refractivity contribution in [1.29, 1.82) is 0 Å². The topological polar surface area (TPSA) is 64.7 Å². The zero-order valence-electron chi connectivity index (χ0n) is 9.17. The molecule has 0 bridgehead atoms. The summed E-state index contributed by atoms with van der Waals surface area (Å²) in [6.45, 7) is -0.230. The maximum atomic E-state index is 13.0. The Hall–Kier alpha value is -1.25. The SMILES string of the molecule is NCC(O)c1cc2c(cc1Cl)OC(F)(F)C(F)(F)O2. The highest BCUT2D eigenvalue weighted by Gasteiger charge is 2.66. The van der Waals surface area contributed by atoms with E-state index in [2.05, 4.69) is 9.47 Å². The van der Waals surface area contributed by atoms with Gasteiger partial charge in [0, 0.05) is 18.2 Å². The number of halogens is 5. The Morgan fingerprint density at radius 1 is 1.16 bits per heavy atom. The van der Waals surface area contributed by atoms with Gasteiger partial charge in [0.15, 0.2) is 11.5 Å². The predicted molar refractivity (Wildman–Crippen MR) is 56.6 cm³/mol. The molecule has 1 aliphatic rings. The Morgan fingerprint density at radius 3 is 2.11 bits per heavy atom. The first kappa shape index (κ1) is 14.2. The van der Waals surface area contributed by atoms with E-state index in [-0.39, 0.29) is 17.1 Å². The molecule has 2 rings (SSSR count). The second-order valence-electron chi connectivity index (χ2n) is 3.81. The second-order valence-corrected chi connectivity index (χ2v) is 4.22. The molecule has 0 saturated heterocycles. The second kappa shape index (κ2) is 4.39. The summed E-state index contributed by atoms with van der Waals surface area (Å²) in [7, 11) is 0. The summed E-state index contributed by atoms with van der Waals surface area (Å²) in [6, 6.07) is 1.74. The minimum absolute atomic E-state index is 0.0208. The van der Waals surface area contributed by atoms with E-state index >= 15 is 0 Å². The lowest BCUT2D eigenvalue weighted by Gasteiger charge is -2.32. The van der Waals surface area contributed by atoms with Crippen LogP contribution in [0.3, 0.4) is 0 Å². The average molecular weight is 302 g/mol. The van der Waals surface area contributed by atoms with Crippen LogP contribution in [-0.4, -0.2) is 23.9 Å². The van der Waals surface area contributed by atoms with Gasteiger partial charge >= 0.3 is 12.2 Å². The molecule has 1 unspecified atom stereocenters. The molecule has 1 aromatic carbocycles. The molecular formula is C10H8ClF4NO3. The van der Waals surface area contributed by atoms with Crippen LogP contribution in [-0.2, 0) is 0 Å². The van der Waals surface area contributed by atoms with E-state index < -0.39 is 29.8 Å². The summed E-state index contributed by atoms with van der Waals surface area (Å²) in [5.41, 5.74) is 5.18. The molecule has 0 aromatic heterocycles. The molecule has 0 aliphatic carbocycles. The monoisotopic (exact) mass is 301 g/mol. The van der Waals surface area contributed by atoms with Crippen molar-refractivity contribution >= 4 is 11.6 Å². The van der Waals surface area contributed by atoms with Gasteiger partial charge in [-0.3, -0.25) is 0 Å². The number of nitrogens with two attached hydrogens (primary N) is 1. The third kappa shape index (κ3) is 2.31. The third-order valence-corrected chi connectivity index (χ3v) is 2.79. The fourth-order valence-corrected chi connectivity index (χ4v) is 1.77. The molecule has 19 heavy (non-hydrogen) atoms. The molecule has 1 heterocycles. The first-order chi connectivity index (χ1) is 8.68. The molecule has 0 spiro atoms. The maximum Gasteiger partial charge on any atom is 0.507 e. The summed E-state index contributed by atoms with van der Waals surface area (Å²) in [6.07, 6.45) is -10.9. The first-order valence-corrected chi connectivity index (χ1v) is 5.41. The van der Waals surface area contributed by atoms with Crippen molar-refractivity contribution in [3.63, 3.8) is 0 Å². The van der Waals surface area contributed by atoms with Crippen LogP contribution >= 0.6 is 11.6 Å². The summed E-state index contributed by atoms with van der Waals surface area (Å²) in [5.74, 6) is -1.29. The van der Waals surface area contributed by atoms with Gasteiger partial charge in [-0.05, 0) is 6.07 Å². The van der Waals surface area contributed by atoms with Crippen LogP contribution in [0.15, 0.2) is 12.1 Å². The molecule has 0 fully saturated rings. The highest BCUT2D eigenvalue weighted by Crippen LogP contribution is 2.48. The molecule has 4 nitrogen and oxygen atoms in total. The van der Waals surface area contributed by atoms with Crippen LogP contribution in [0.25, 0.3) is 0 Å².